The normalized spacial score (nSPS) is 23.8. The molecule has 0 nitrogen and oxygen atoms in total. The smallest absolute Gasteiger partial charge is 0.0240 e. The maximum Gasteiger partial charge on any atom is -0.0240 e. The van der Waals surface area contributed by atoms with Crippen LogP contribution in [0.3, 0.4) is 0 Å². The Morgan fingerprint density at radius 3 is 0.600 bits per heavy atom. The molecule has 1 fully saturated rings. The zero-order valence-corrected chi connectivity index (χ0v) is 27.4. The quantitative estimate of drug-likeness (QED) is 0.206. The van der Waals surface area contributed by atoms with Crippen LogP contribution in [0.2, 0.25) is 0 Å². The Morgan fingerprint density at radius 1 is 0.250 bits per heavy atom. The van der Waals surface area contributed by atoms with Gasteiger partial charge in [-0.2, -0.15) is 0 Å². The van der Waals surface area contributed by atoms with E-state index in [1.807, 2.05) is 0 Å². The lowest BCUT2D eigenvalue weighted by molar-refractivity contribution is 1.03. The summed E-state index contributed by atoms with van der Waals surface area (Å²) in [5.41, 5.74) is 0. The fourth-order valence-electron chi connectivity index (χ4n) is 5.84. The molecule has 0 spiro atoms. The standard InChI is InChI=1S/C36H44P4/c1-5-17-33(18-6-1)37-25-13-27-38(34-19-7-2-8-20-34)29-15-31-40(36-23-11-4-12-24-36)32-16-30-39(28-14-26-37)35-21-9-3-10-22-35/h1-12,17-24H,13-16,25-32H2. The molecule has 1 aliphatic rings. The number of hydrogen-bond donors (Lipinski definition) is 0. The van der Waals surface area contributed by atoms with Crippen molar-refractivity contribution >= 4 is 52.9 Å². The molecule has 1 aliphatic heterocycles. The van der Waals surface area contributed by atoms with E-state index >= 15 is 0 Å². The minimum absolute atomic E-state index is 0.0766. The SMILES string of the molecule is c1ccc(P2CCCP(c3ccccc3)CCCP(c3ccccc3)CCCP(c3ccccc3)CCC2)cc1. The van der Waals surface area contributed by atoms with Crippen molar-refractivity contribution in [2.45, 2.75) is 25.7 Å². The highest BCUT2D eigenvalue weighted by Crippen LogP contribution is 2.46. The highest BCUT2D eigenvalue weighted by molar-refractivity contribution is 7.68. The molecule has 1 saturated heterocycles. The highest BCUT2D eigenvalue weighted by atomic mass is 31.1. The van der Waals surface area contributed by atoms with Gasteiger partial charge in [0, 0.05) is 0 Å². The molecule has 1 heterocycles. The minimum Gasteiger partial charge on any atom is -0.0753 e. The van der Waals surface area contributed by atoms with E-state index in [1.165, 1.54) is 75.0 Å². The van der Waals surface area contributed by atoms with Gasteiger partial charge in [-0.25, -0.2) is 0 Å². The van der Waals surface area contributed by atoms with Crippen LogP contribution in [0.15, 0.2) is 121 Å². The summed E-state index contributed by atoms with van der Waals surface area (Å²) in [5.74, 6) is 0. The van der Waals surface area contributed by atoms with Crippen molar-refractivity contribution in [1.82, 2.24) is 0 Å². The molecule has 0 aromatic heterocycles. The second-order valence-corrected chi connectivity index (χ2v) is 20.7. The van der Waals surface area contributed by atoms with Crippen LogP contribution < -0.4 is 21.2 Å². The van der Waals surface area contributed by atoms with Crippen molar-refractivity contribution in [3.05, 3.63) is 121 Å². The fourth-order valence-corrected chi connectivity index (χ4v) is 16.5. The number of rotatable bonds is 4. The van der Waals surface area contributed by atoms with E-state index in [0.29, 0.717) is 0 Å². The lowest BCUT2D eigenvalue weighted by Crippen LogP contribution is -2.14. The lowest BCUT2D eigenvalue weighted by atomic mass is 10.4. The summed E-state index contributed by atoms with van der Waals surface area (Å²) >= 11 is 0. The van der Waals surface area contributed by atoms with Crippen LogP contribution in [-0.2, 0) is 0 Å². The first-order valence-corrected chi connectivity index (χ1v) is 21.9. The van der Waals surface area contributed by atoms with Gasteiger partial charge in [-0.15, -0.1) is 0 Å². The van der Waals surface area contributed by atoms with Gasteiger partial charge < -0.3 is 0 Å². The van der Waals surface area contributed by atoms with Gasteiger partial charge in [-0.3, -0.25) is 0 Å². The molecule has 0 amide bonds. The van der Waals surface area contributed by atoms with Gasteiger partial charge in [0.05, 0.1) is 0 Å². The largest absolute Gasteiger partial charge is 0.0753 e. The maximum absolute atomic E-state index is 2.41. The zero-order chi connectivity index (χ0) is 27.2. The Hall–Kier alpha value is -1.40. The van der Waals surface area contributed by atoms with Crippen LogP contribution in [0.5, 0.6) is 0 Å². The van der Waals surface area contributed by atoms with Crippen molar-refractivity contribution in [2.24, 2.45) is 0 Å². The predicted octanol–water partition coefficient (Wildman–Crippen LogP) is 8.79. The topological polar surface area (TPSA) is 0 Å². The monoisotopic (exact) mass is 600 g/mol. The molecule has 40 heavy (non-hydrogen) atoms. The summed E-state index contributed by atoms with van der Waals surface area (Å²) in [6.45, 7) is 0. The van der Waals surface area contributed by atoms with Gasteiger partial charge in [-0.1, -0.05) is 153 Å². The first-order valence-electron chi connectivity index (χ1n) is 15.1. The van der Waals surface area contributed by atoms with Crippen LogP contribution >= 0.6 is 31.7 Å². The molecule has 0 atom stereocenters. The summed E-state index contributed by atoms with van der Waals surface area (Å²) in [6, 6.07) is 46.1. The zero-order valence-electron chi connectivity index (χ0n) is 23.8. The average molecular weight is 601 g/mol. The second kappa shape index (κ2) is 16.9. The van der Waals surface area contributed by atoms with Crippen molar-refractivity contribution in [3.8, 4) is 0 Å². The van der Waals surface area contributed by atoms with E-state index in [0.717, 1.165) is 0 Å². The molecule has 0 N–H and O–H groups in total. The van der Waals surface area contributed by atoms with Gasteiger partial charge >= 0.3 is 0 Å². The first-order chi connectivity index (χ1) is 19.9. The molecule has 0 bridgehead atoms. The molecule has 0 saturated carbocycles. The third-order valence-electron chi connectivity index (χ3n) is 7.91. The molecule has 0 aliphatic carbocycles. The van der Waals surface area contributed by atoms with E-state index in [-0.39, 0.29) is 31.7 Å². The Kier molecular flexibility index (Phi) is 12.7. The Labute approximate surface area is 248 Å². The van der Waals surface area contributed by atoms with Crippen LogP contribution in [-0.4, -0.2) is 49.3 Å². The molecule has 4 heteroatoms. The van der Waals surface area contributed by atoms with E-state index in [9.17, 15) is 0 Å². The van der Waals surface area contributed by atoms with Crippen molar-refractivity contribution < 1.29 is 0 Å². The highest BCUT2D eigenvalue weighted by Gasteiger charge is 2.19. The van der Waals surface area contributed by atoms with Crippen molar-refractivity contribution in [3.63, 3.8) is 0 Å². The van der Waals surface area contributed by atoms with E-state index in [2.05, 4.69) is 121 Å². The third-order valence-corrected chi connectivity index (χ3v) is 18.9. The van der Waals surface area contributed by atoms with Gasteiger partial charge in [-0.05, 0) is 96.2 Å². The Balaban J connectivity index is 1.35. The summed E-state index contributed by atoms with van der Waals surface area (Å²) < 4.78 is 0. The summed E-state index contributed by atoms with van der Waals surface area (Å²) in [4.78, 5) is 0. The van der Waals surface area contributed by atoms with E-state index < -0.39 is 0 Å². The Morgan fingerprint density at radius 2 is 0.425 bits per heavy atom. The number of benzene rings is 4. The molecule has 208 valence electrons. The molecule has 5 rings (SSSR count). The minimum atomic E-state index is -0.0766. The van der Waals surface area contributed by atoms with Crippen molar-refractivity contribution in [2.75, 3.05) is 49.3 Å². The summed E-state index contributed by atoms with van der Waals surface area (Å²) in [7, 11) is -0.307. The Bertz CT molecular complexity index is 1000. The molecule has 0 radical (unpaired) electrons. The lowest BCUT2D eigenvalue weighted by Gasteiger charge is -2.26. The first kappa shape index (κ1) is 30.1. The predicted molar refractivity (Wildman–Crippen MR) is 189 cm³/mol. The molecular weight excluding hydrogens is 556 g/mol. The summed E-state index contributed by atoms with van der Waals surface area (Å²) in [5, 5.41) is 6.50. The molecule has 4 aromatic rings. The number of hydrogen-bond acceptors (Lipinski definition) is 0. The third kappa shape index (κ3) is 9.31. The fraction of sp³-hybridized carbons (Fsp3) is 0.333. The second-order valence-electron chi connectivity index (χ2n) is 10.7. The van der Waals surface area contributed by atoms with Gasteiger partial charge in [0.1, 0.15) is 0 Å². The molecule has 0 unspecified atom stereocenters. The van der Waals surface area contributed by atoms with Crippen LogP contribution in [0.25, 0.3) is 0 Å². The van der Waals surface area contributed by atoms with Crippen LogP contribution in [0, 0.1) is 0 Å². The van der Waals surface area contributed by atoms with Crippen LogP contribution in [0.1, 0.15) is 25.7 Å². The molecule has 4 aromatic carbocycles. The average Bonchev–Trinajstić information content (AvgIpc) is 3.02. The van der Waals surface area contributed by atoms with Gasteiger partial charge in [0.25, 0.3) is 0 Å². The van der Waals surface area contributed by atoms with Gasteiger partial charge in [0.15, 0.2) is 0 Å². The van der Waals surface area contributed by atoms with E-state index in [4.69, 9.17) is 0 Å². The van der Waals surface area contributed by atoms with Crippen molar-refractivity contribution in [1.29, 1.82) is 0 Å². The van der Waals surface area contributed by atoms with Crippen LogP contribution in [0.4, 0.5) is 0 Å². The maximum atomic E-state index is 2.41. The van der Waals surface area contributed by atoms with E-state index in [1.54, 1.807) is 21.2 Å². The van der Waals surface area contributed by atoms with Gasteiger partial charge in [0.2, 0.25) is 0 Å². The molecular formula is C36H44P4. The summed E-state index contributed by atoms with van der Waals surface area (Å²) in [6.07, 6.45) is 16.7.